The zero-order chi connectivity index (χ0) is 12.0. The highest BCUT2D eigenvalue weighted by molar-refractivity contribution is 6.17. The van der Waals surface area contributed by atoms with Gasteiger partial charge in [-0.25, -0.2) is 0 Å². The summed E-state index contributed by atoms with van der Waals surface area (Å²) in [7, 11) is 2.24. The van der Waals surface area contributed by atoms with Gasteiger partial charge in [0.1, 0.15) is 0 Å². The molecule has 1 heterocycles. The van der Waals surface area contributed by atoms with Gasteiger partial charge in [0.05, 0.1) is 0 Å². The summed E-state index contributed by atoms with van der Waals surface area (Å²) in [6, 6.07) is 1.40. The van der Waals surface area contributed by atoms with Crippen LogP contribution in [0.2, 0.25) is 0 Å². The highest BCUT2D eigenvalue weighted by Crippen LogP contribution is 2.14. The Bertz CT molecular complexity index is 175. The van der Waals surface area contributed by atoms with Crippen molar-refractivity contribution in [2.45, 2.75) is 51.6 Å². The van der Waals surface area contributed by atoms with Crippen molar-refractivity contribution in [2.75, 3.05) is 32.6 Å². The molecular weight excluding hydrogens is 220 g/mol. The van der Waals surface area contributed by atoms with Gasteiger partial charge in [-0.2, -0.15) is 0 Å². The number of rotatable bonds is 6. The van der Waals surface area contributed by atoms with Crippen LogP contribution in [-0.2, 0) is 0 Å². The lowest BCUT2D eigenvalue weighted by atomic mass is 10.1. The molecule has 0 amide bonds. The second-order valence-corrected chi connectivity index (χ2v) is 5.60. The van der Waals surface area contributed by atoms with E-state index >= 15 is 0 Å². The van der Waals surface area contributed by atoms with E-state index < -0.39 is 0 Å². The lowest BCUT2D eigenvalue weighted by Crippen LogP contribution is -2.54. The summed E-state index contributed by atoms with van der Waals surface area (Å²) in [6.07, 6.45) is 5.14. The van der Waals surface area contributed by atoms with Gasteiger partial charge < -0.3 is 4.90 Å². The first-order valence-corrected chi connectivity index (χ1v) is 7.19. The van der Waals surface area contributed by atoms with Gasteiger partial charge in [-0.3, -0.25) is 4.90 Å². The molecule has 0 bridgehead atoms. The van der Waals surface area contributed by atoms with Gasteiger partial charge >= 0.3 is 0 Å². The molecule has 0 spiro atoms. The molecule has 1 saturated heterocycles. The van der Waals surface area contributed by atoms with Gasteiger partial charge in [0.25, 0.3) is 0 Å². The van der Waals surface area contributed by atoms with Gasteiger partial charge in [-0.15, -0.1) is 11.6 Å². The number of alkyl halides is 1. The van der Waals surface area contributed by atoms with Crippen molar-refractivity contribution < 1.29 is 0 Å². The fraction of sp³-hybridized carbons (Fsp3) is 1.00. The number of likely N-dealkylation sites (N-methyl/N-ethyl adjacent to an activating group) is 1. The predicted molar refractivity (Wildman–Crippen MR) is 72.3 cm³/mol. The van der Waals surface area contributed by atoms with Crippen molar-refractivity contribution in [2.24, 2.45) is 0 Å². The fourth-order valence-electron chi connectivity index (χ4n) is 2.48. The quantitative estimate of drug-likeness (QED) is 0.525. The minimum Gasteiger partial charge on any atom is -0.300 e. The first-order valence-electron chi connectivity index (χ1n) is 6.65. The molecule has 0 aliphatic carbocycles. The molecule has 1 rings (SSSR count). The number of nitrogens with zero attached hydrogens (tertiary/aromatic N) is 2. The van der Waals surface area contributed by atoms with Crippen molar-refractivity contribution in [3.63, 3.8) is 0 Å². The molecule has 16 heavy (non-hydrogen) atoms. The van der Waals surface area contributed by atoms with Crippen LogP contribution in [0.1, 0.15) is 39.5 Å². The van der Waals surface area contributed by atoms with Gasteiger partial charge in [-0.1, -0.05) is 12.8 Å². The Hall–Kier alpha value is 0.210. The predicted octanol–water partition coefficient (Wildman–Crippen LogP) is 2.81. The number of hydrogen-bond donors (Lipinski definition) is 0. The molecule has 2 atom stereocenters. The zero-order valence-corrected chi connectivity index (χ0v) is 11.8. The molecule has 2 unspecified atom stereocenters. The van der Waals surface area contributed by atoms with Crippen molar-refractivity contribution >= 4 is 11.6 Å². The summed E-state index contributed by atoms with van der Waals surface area (Å²) in [5.41, 5.74) is 0. The highest BCUT2D eigenvalue weighted by atomic mass is 35.5. The van der Waals surface area contributed by atoms with E-state index in [1.54, 1.807) is 0 Å². The molecule has 96 valence electrons. The molecule has 1 fully saturated rings. The normalized spacial score (nSPS) is 28.5. The van der Waals surface area contributed by atoms with Crippen LogP contribution in [0, 0.1) is 0 Å². The molecule has 3 heteroatoms. The Morgan fingerprint density at radius 3 is 2.12 bits per heavy atom. The maximum absolute atomic E-state index is 5.67. The van der Waals surface area contributed by atoms with Crippen molar-refractivity contribution in [3.8, 4) is 0 Å². The molecule has 2 nitrogen and oxygen atoms in total. The maximum Gasteiger partial charge on any atom is 0.0223 e. The standard InChI is InChI=1S/C13H27ClN2/c1-12-10-16(11-13(2)15(12)3)9-7-5-4-6-8-14/h12-13H,4-11H2,1-3H3. The van der Waals surface area contributed by atoms with E-state index in [1.807, 2.05) is 0 Å². The van der Waals surface area contributed by atoms with Crippen LogP contribution in [-0.4, -0.2) is 54.4 Å². The first kappa shape index (κ1) is 14.3. The monoisotopic (exact) mass is 246 g/mol. The van der Waals surface area contributed by atoms with Gasteiger partial charge in [-0.05, 0) is 40.3 Å². The molecule has 1 aliphatic heterocycles. The minimum atomic E-state index is 0.701. The van der Waals surface area contributed by atoms with E-state index in [4.69, 9.17) is 11.6 Å². The second kappa shape index (κ2) is 7.52. The van der Waals surface area contributed by atoms with Crippen LogP contribution in [0.25, 0.3) is 0 Å². The van der Waals surface area contributed by atoms with Crippen LogP contribution in [0.5, 0.6) is 0 Å². The molecule has 0 N–H and O–H groups in total. The van der Waals surface area contributed by atoms with Crippen molar-refractivity contribution in [1.29, 1.82) is 0 Å². The number of halogens is 1. The van der Waals surface area contributed by atoms with E-state index in [0.717, 1.165) is 5.88 Å². The molecule has 0 radical (unpaired) electrons. The van der Waals surface area contributed by atoms with Crippen molar-refractivity contribution in [1.82, 2.24) is 9.80 Å². The summed E-state index contributed by atoms with van der Waals surface area (Å²) in [5, 5.41) is 0. The van der Waals surface area contributed by atoms with Crippen LogP contribution in [0.15, 0.2) is 0 Å². The average Bonchev–Trinajstić information content (AvgIpc) is 2.25. The fourth-order valence-corrected chi connectivity index (χ4v) is 2.67. The Balaban J connectivity index is 2.13. The van der Waals surface area contributed by atoms with Crippen LogP contribution in [0.3, 0.4) is 0 Å². The van der Waals surface area contributed by atoms with E-state index in [9.17, 15) is 0 Å². The largest absolute Gasteiger partial charge is 0.300 e. The summed E-state index contributed by atoms with van der Waals surface area (Å²) < 4.78 is 0. The summed E-state index contributed by atoms with van der Waals surface area (Å²) >= 11 is 5.67. The lowest BCUT2D eigenvalue weighted by molar-refractivity contribution is 0.0591. The Kier molecular flexibility index (Phi) is 6.71. The third kappa shape index (κ3) is 4.60. The molecule has 0 saturated carbocycles. The Labute approximate surface area is 106 Å². The first-order chi connectivity index (χ1) is 7.65. The third-order valence-corrected chi connectivity index (χ3v) is 4.06. The van der Waals surface area contributed by atoms with E-state index in [1.165, 1.54) is 45.3 Å². The Morgan fingerprint density at radius 1 is 1.00 bits per heavy atom. The topological polar surface area (TPSA) is 6.48 Å². The lowest BCUT2D eigenvalue weighted by Gasteiger charge is -2.42. The zero-order valence-electron chi connectivity index (χ0n) is 11.1. The number of hydrogen-bond acceptors (Lipinski definition) is 2. The molecule has 0 aromatic carbocycles. The molecule has 1 aliphatic rings. The molecule has 0 aromatic heterocycles. The van der Waals surface area contributed by atoms with Crippen LogP contribution in [0.4, 0.5) is 0 Å². The Morgan fingerprint density at radius 2 is 1.56 bits per heavy atom. The SMILES string of the molecule is CC1CN(CCCCCCCl)CC(C)N1C. The van der Waals surface area contributed by atoms with Gasteiger partial charge in [0.2, 0.25) is 0 Å². The summed E-state index contributed by atoms with van der Waals surface area (Å²) in [4.78, 5) is 5.11. The summed E-state index contributed by atoms with van der Waals surface area (Å²) in [5.74, 6) is 0.822. The van der Waals surface area contributed by atoms with Gasteiger partial charge in [0, 0.05) is 31.1 Å². The smallest absolute Gasteiger partial charge is 0.0223 e. The van der Waals surface area contributed by atoms with Crippen LogP contribution < -0.4 is 0 Å². The van der Waals surface area contributed by atoms with Gasteiger partial charge in [0.15, 0.2) is 0 Å². The average molecular weight is 247 g/mol. The number of piperazine rings is 1. The van der Waals surface area contributed by atoms with E-state index in [0.29, 0.717) is 12.1 Å². The van der Waals surface area contributed by atoms with Crippen molar-refractivity contribution in [3.05, 3.63) is 0 Å². The van der Waals surface area contributed by atoms with E-state index in [2.05, 4.69) is 30.7 Å². The molecule has 0 aromatic rings. The second-order valence-electron chi connectivity index (χ2n) is 5.23. The summed E-state index contributed by atoms with van der Waals surface area (Å²) in [6.45, 7) is 8.39. The van der Waals surface area contributed by atoms with E-state index in [-0.39, 0.29) is 0 Å². The number of unbranched alkanes of at least 4 members (excludes halogenated alkanes) is 3. The minimum absolute atomic E-state index is 0.701. The maximum atomic E-state index is 5.67. The molecular formula is C13H27ClN2. The highest BCUT2D eigenvalue weighted by Gasteiger charge is 2.25. The third-order valence-electron chi connectivity index (χ3n) is 3.79. The van der Waals surface area contributed by atoms with Crippen LogP contribution >= 0.6 is 11.6 Å².